The zero-order valence-electron chi connectivity index (χ0n) is 23.4. The smallest absolute Gasteiger partial charge is 0.303 e. The predicted octanol–water partition coefficient (Wildman–Crippen LogP) is 6.26. The number of carbonyl (C=O) groups is 4. The molecule has 0 aromatic heterocycles. The number of benzene rings is 1. The minimum atomic E-state index is -0.858. The van der Waals surface area contributed by atoms with Crippen LogP contribution in [0.1, 0.15) is 78.6 Å². The second-order valence-corrected chi connectivity index (χ2v) is 15.1. The highest BCUT2D eigenvalue weighted by molar-refractivity contribution is 9.10. The van der Waals surface area contributed by atoms with E-state index in [1.165, 1.54) is 0 Å². The number of fused-ring (bicyclic) bond motifs is 5. The van der Waals surface area contributed by atoms with Gasteiger partial charge in [0.2, 0.25) is 0 Å². The van der Waals surface area contributed by atoms with Crippen LogP contribution in [0.5, 0.6) is 0 Å². The standard InChI is InChI=1S/C24H34O5.C7H7BrOS/c1-13(4-7-21(28)29)16-5-6-17-22-18(12-20(27)24(16,17)3)23(2)9-8-15(25)10-14(23)11-19(22)26;1-10(9)7-4-2-6(8)3-5-7/h13-14,16-18,22H,4-12H2,1-3H3,(H,28,29);2-5H,1H3/t13-,14+,16-,17+,18+,22+,23+,24-;10-/m11/s1. The first-order valence-corrected chi connectivity index (χ1v) is 16.5. The van der Waals surface area contributed by atoms with Crippen LogP contribution in [0.25, 0.3) is 0 Å². The van der Waals surface area contributed by atoms with Gasteiger partial charge in [-0.25, -0.2) is 0 Å². The molecule has 8 heteroatoms. The summed E-state index contributed by atoms with van der Waals surface area (Å²) in [5.74, 6) is 0.524. The van der Waals surface area contributed by atoms with E-state index in [4.69, 9.17) is 5.11 Å². The first-order valence-electron chi connectivity index (χ1n) is 14.2. The van der Waals surface area contributed by atoms with Crippen molar-refractivity contribution in [2.75, 3.05) is 6.26 Å². The minimum Gasteiger partial charge on any atom is -0.481 e. The van der Waals surface area contributed by atoms with E-state index in [-0.39, 0.29) is 64.7 Å². The van der Waals surface area contributed by atoms with Crippen LogP contribution >= 0.6 is 15.9 Å². The Morgan fingerprint density at radius 3 is 2.36 bits per heavy atom. The SMILES string of the molecule is C[C@H](CCC(=O)O)[C@H]1CC[C@H]2[C@@H]3C(=O)C[C@@H]4CC(=O)CC[C@]4(C)[C@H]3CC(=O)[C@]12C.C[S@@](=O)c1ccc(Br)cc1. The maximum absolute atomic E-state index is 13.6. The number of aliphatic carboxylic acids is 1. The van der Waals surface area contributed by atoms with Crippen LogP contribution in [0, 0.1) is 46.3 Å². The van der Waals surface area contributed by atoms with Crippen molar-refractivity contribution >= 4 is 50.0 Å². The lowest BCUT2D eigenvalue weighted by Crippen LogP contribution is -2.60. The average molecular weight is 622 g/mol. The zero-order valence-corrected chi connectivity index (χ0v) is 25.8. The van der Waals surface area contributed by atoms with Crippen LogP contribution in [0.15, 0.2) is 33.6 Å². The van der Waals surface area contributed by atoms with Gasteiger partial charge in [-0.1, -0.05) is 36.7 Å². The molecule has 9 atom stereocenters. The molecule has 1 N–H and O–H groups in total. The molecule has 0 spiro atoms. The van der Waals surface area contributed by atoms with Crippen molar-refractivity contribution in [2.45, 2.75) is 83.5 Å². The van der Waals surface area contributed by atoms with Crippen LogP contribution in [0.3, 0.4) is 0 Å². The number of carbonyl (C=O) groups excluding carboxylic acids is 3. The van der Waals surface area contributed by atoms with Crippen molar-refractivity contribution in [1.29, 1.82) is 0 Å². The number of carboxylic acids is 1. The Morgan fingerprint density at radius 2 is 1.74 bits per heavy atom. The molecule has 0 bridgehead atoms. The second-order valence-electron chi connectivity index (χ2n) is 12.8. The molecule has 1 aromatic carbocycles. The van der Waals surface area contributed by atoms with E-state index in [9.17, 15) is 23.4 Å². The summed E-state index contributed by atoms with van der Waals surface area (Å²) in [6.07, 6.45) is 7.00. The molecule has 4 fully saturated rings. The van der Waals surface area contributed by atoms with Crippen LogP contribution < -0.4 is 0 Å². The minimum absolute atomic E-state index is 0.0659. The molecular formula is C31H41BrO6S. The van der Waals surface area contributed by atoms with Gasteiger partial charge >= 0.3 is 5.97 Å². The van der Waals surface area contributed by atoms with Gasteiger partial charge in [0.1, 0.15) is 17.3 Å². The lowest BCUT2D eigenvalue weighted by Gasteiger charge is -2.58. The molecule has 0 unspecified atom stereocenters. The third kappa shape index (κ3) is 5.74. The van der Waals surface area contributed by atoms with Gasteiger partial charge < -0.3 is 5.11 Å². The van der Waals surface area contributed by atoms with Gasteiger partial charge in [0.25, 0.3) is 0 Å². The fraction of sp³-hybridized carbons (Fsp3) is 0.677. The summed E-state index contributed by atoms with van der Waals surface area (Å²) in [6, 6.07) is 7.47. The molecule has 39 heavy (non-hydrogen) atoms. The number of halogens is 1. The van der Waals surface area contributed by atoms with Crippen LogP contribution in [-0.4, -0.2) is 38.9 Å². The molecule has 214 valence electrons. The van der Waals surface area contributed by atoms with Crippen molar-refractivity contribution in [3.63, 3.8) is 0 Å². The van der Waals surface area contributed by atoms with Gasteiger partial charge in [-0.2, -0.15) is 0 Å². The third-order valence-electron chi connectivity index (χ3n) is 10.9. The maximum Gasteiger partial charge on any atom is 0.303 e. The van der Waals surface area contributed by atoms with Crippen LogP contribution in [0.4, 0.5) is 0 Å². The lowest BCUT2D eigenvalue weighted by molar-refractivity contribution is -0.166. The maximum atomic E-state index is 13.6. The Hall–Kier alpha value is -1.67. The number of hydrogen-bond acceptors (Lipinski definition) is 5. The van der Waals surface area contributed by atoms with Crippen molar-refractivity contribution in [3.05, 3.63) is 28.7 Å². The number of hydrogen-bond donors (Lipinski definition) is 1. The van der Waals surface area contributed by atoms with Crippen molar-refractivity contribution in [2.24, 2.45) is 46.3 Å². The van der Waals surface area contributed by atoms with Crippen molar-refractivity contribution in [3.8, 4) is 0 Å². The summed E-state index contributed by atoms with van der Waals surface area (Å²) in [4.78, 5) is 50.8. The molecular weight excluding hydrogens is 580 g/mol. The number of carboxylic acid groups (broad SMARTS) is 1. The quantitative estimate of drug-likeness (QED) is 0.416. The molecule has 1 aromatic rings. The summed E-state index contributed by atoms with van der Waals surface area (Å²) in [5, 5.41) is 9.06. The van der Waals surface area contributed by atoms with E-state index in [1.54, 1.807) is 6.26 Å². The van der Waals surface area contributed by atoms with Gasteiger partial charge in [-0.15, -0.1) is 0 Å². The molecule has 0 amide bonds. The van der Waals surface area contributed by atoms with Gasteiger partial charge in [0.15, 0.2) is 0 Å². The Morgan fingerprint density at radius 1 is 1.08 bits per heavy atom. The summed E-state index contributed by atoms with van der Waals surface area (Å²) >= 11 is 3.30. The monoisotopic (exact) mass is 620 g/mol. The van der Waals surface area contributed by atoms with E-state index >= 15 is 0 Å². The molecule has 5 rings (SSSR count). The summed E-state index contributed by atoms with van der Waals surface area (Å²) in [7, 11) is -0.858. The van der Waals surface area contributed by atoms with Crippen molar-refractivity contribution < 1.29 is 28.5 Å². The van der Waals surface area contributed by atoms with Gasteiger partial charge in [-0.3, -0.25) is 23.4 Å². The second kappa shape index (κ2) is 11.7. The third-order valence-corrected chi connectivity index (χ3v) is 12.3. The highest BCUT2D eigenvalue weighted by atomic mass is 79.9. The summed E-state index contributed by atoms with van der Waals surface area (Å²) in [5.41, 5.74) is -0.598. The fourth-order valence-electron chi connectivity index (χ4n) is 8.57. The van der Waals surface area contributed by atoms with Gasteiger partial charge in [0, 0.05) is 69.9 Å². The highest BCUT2D eigenvalue weighted by Gasteiger charge is 2.66. The molecule has 0 saturated heterocycles. The Balaban J connectivity index is 0.000000298. The first-order chi connectivity index (χ1) is 18.3. The van der Waals surface area contributed by atoms with E-state index in [2.05, 4.69) is 36.7 Å². The highest BCUT2D eigenvalue weighted by Crippen LogP contribution is 2.66. The molecule has 4 aliphatic carbocycles. The number of Topliss-reactive ketones (excluding diaryl/α,β-unsaturated/α-hetero) is 3. The van der Waals surface area contributed by atoms with Crippen molar-refractivity contribution in [1.82, 2.24) is 0 Å². The fourth-order valence-corrected chi connectivity index (χ4v) is 9.35. The van der Waals surface area contributed by atoms with E-state index in [1.807, 2.05) is 24.3 Å². The lowest BCUT2D eigenvalue weighted by atomic mass is 9.44. The number of ketones is 3. The van der Waals surface area contributed by atoms with Crippen LogP contribution in [-0.2, 0) is 30.0 Å². The van der Waals surface area contributed by atoms with E-state index in [0.717, 1.165) is 28.6 Å². The molecule has 0 heterocycles. The summed E-state index contributed by atoms with van der Waals surface area (Å²) in [6.45, 7) is 6.37. The van der Waals surface area contributed by atoms with Crippen LogP contribution in [0.2, 0.25) is 0 Å². The predicted molar refractivity (Wildman–Crippen MR) is 154 cm³/mol. The summed E-state index contributed by atoms with van der Waals surface area (Å²) < 4.78 is 11.9. The van der Waals surface area contributed by atoms with Gasteiger partial charge in [0.05, 0.1) is 0 Å². The Bertz CT molecular complexity index is 1160. The van der Waals surface area contributed by atoms with E-state index < -0.39 is 22.2 Å². The topological polar surface area (TPSA) is 106 Å². The molecule has 0 radical (unpaired) electrons. The molecule has 4 aliphatic rings. The Labute approximate surface area is 242 Å². The Kier molecular flexibility index (Phi) is 9.07. The molecule has 4 saturated carbocycles. The average Bonchev–Trinajstić information content (AvgIpc) is 3.23. The molecule has 6 nitrogen and oxygen atoms in total. The number of rotatable bonds is 5. The van der Waals surface area contributed by atoms with Gasteiger partial charge in [-0.05, 0) is 85.0 Å². The van der Waals surface area contributed by atoms with E-state index in [0.29, 0.717) is 32.1 Å². The zero-order chi connectivity index (χ0) is 28.7. The molecule has 0 aliphatic heterocycles. The first kappa shape index (κ1) is 30.3. The normalized spacial score (nSPS) is 37.1. The largest absolute Gasteiger partial charge is 0.481 e.